The summed E-state index contributed by atoms with van der Waals surface area (Å²) in [6, 6.07) is 6.98. The Balaban J connectivity index is 1.75. The molecule has 132 valence electrons. The number of nitrogens with zero attached hydrogens (tertiary/aromatic N) is 2. The first-order valence-electron chi connectivity index (χ1n) is 8.39. The van der Waals surface area contributed by atoms with Gasteiger partial charge in [0.2, 0.25) is 0 Å². The monoisotopic (exact) mass is 378 g/mol. The summed E-state index contributed by atoms with van der Waals surface area (Å²) in [7, 11) is 0. The number of rotatable bonds is 4. The molecule has 1 amide bonds. The van der Waals surface area contributed by atoms with Crippen LogP contribution in [-0.2, 0) is 0 Å². The van der Waals surface area contributed by atoms with Crippen LogP contribution in [0.25, 0.3) is 0 Å². The van der Waals surface area contributed by atoms with Gasteiger partial charge in [0.25, 0.3) is 5.91 Å². The zero-order chi connectivity index (χ0) is 17.8. The minimum atomic E-state index is -0.324. The van der Waals surface area contributed by atoms with E-state index in [4.69, 9.17) is 23.2 Å². The smallest absolute Gasteiger partial charge is 0.274 e. The Labute approximate surface area is 157 Å². The molecule has 0 aliphatic heterocycles. The van der Waals surface area contributed by atoms with Crippen molar-refractivity contribution in [3.63, 3.8) is 0 Å². The second-order valence-corrected chi connectivity index (χ2v) is 7.15. The average Bonchev–Trinajstić information content (AvgIpc) is 2.54. The first kappa shape index (κ1) is 18.0. The van der Waals surface area contributed by atoms with Crippen molar-refractivity contribution >= 4 is 40.6 Å². The predicted octanol–water partition coefficient (Wildman–Crippen LogP) is 5.09. The number of amides is 1. The number of anilines is 2. The van der Waals surface area contributed by atoms with E-state index in [1.165, 1.54) is 19.3 Å². The molecular weight excluding hydrogens is 359 g/mol. The highest BCUT2D eigenvalue weighted by Gasteiger charge is 2.16. The Morgan fingerprint density at radius 3 is 2.40 bits per heavy atom. The fourth-order valence-corrected chi connectivity index (χ4v) is 3.56. The fraction of sp³-hybridized carbons (Fsp3) is 0.389. The van der Waals surface area contributed by atoms with Crippen LogP contribution in [0.2, 0.25) is 10.0 Å². The number of aromatic nitrogens is 2. The minimum Gasteiger partial charge on any atom is -0.367 e. The molecule has 1 fully saturated rings. The molecule has 2 N–H and O–H groups in total. The summed E-state index contributed by atoms with van der Waals surface area (Å²) in [6.45, 7) is 1.78. The van der Waals surface area contributed by atoms with Gasteiger partial charge in [-0.15, -0.1) is 0 Å². The SMILES string of the molecule is Cc1nc(NC2CCCCC2)cc(C(=O)Nc2cc(Cl)cc(Cl)c2)n1. The van der Waals surface area contributed by atoms with Gasteiger partial charge >= 0.3 is 0 Å². The highest BCUT2D eigenvalue weighted by atomic mass is 35.5. The van der Waals surface area contributed by atoms with E-state index in [0.717, 1.165) is 12.8 Å². The standard InChI is InChI=1S/C18H20Cl2N4O/c1-11-21-16(10-17(22-11)23-14-5-3-2-4-6-14)18(25)24-15-8-12(19)7-13(20)9-15/h7-10,14H,2-6H2,1H3,(H,24,25)(H,21,22,23). The van der Waals surface area contributed by atoms with E-state index < -0.39 is 0 Å². The third-order valence-corrected chi connectivity index (χ3v) is 4.58. The Kier molecular flexibility index (Phi) is 5.76. The van der Waals surface area contributed by atoms with Crippen molar-refractivity contribution in [3.05, 3.63) is 45.8 Å². The van der Waals surface area contributed by atoms with Crippen LogP contribution in [0.4, 0.5) is 11.5 Å². The molecule has 1 saturated carbocycles. The number of halogens is 2. The van der Waals surface area contributed by atoms with Crippen LogP contribution in [0.15, 0.2) is 24.3 Å². The maximum absolute atomic E-state index is 12.5. The van der Waals surface area contributed by atoms with Crippen LogP contribution >= 0.6 is 23.2 Å². The summed E-state index contributed by atoms with van der Waals surface area (Å²) < 4.78 is 0. The zero-order valence-corrected chi connectivity index (χ0v) is 15.5. The molecule has 5 nitrogen and oxygen atoms in total. The Bertz CT molecular complexity index is 755. The Morgan fingerprint density at radius 1 is 1.04 bits per heavy atom. The van der Waals surface area contributed by atoms with Crippen molar-refractivity contribution in [3.8, 4) is 0 Å². The highest BCUT2D eigenvalue weighted by molar-refractivity contribution is 6.35. The number of carbonyl (C=O) groups excluding carboxylic acids is 1. The van der Waals surface area contributed by atoms with Gasteiger partial charge in [0.1, 0.15) is 17.3 Å². The molecule has 0 radical (unpaired) electrons. The lowest BCUT2D eigenvalue weighted by Gasteiger charge is -2.23. The number of aryl methyl sites for hydroxylation is 1. The van der Waals surface area contributed by atoms with E-state index in [0.29, 0.717) is 39.1 Å². The molecule has 2 aromatic rings. The number of benzene rings is 1. The van der Waals surface area contributed by atoms with Crippen molar-refractivity contribution in [2.45, 2.75) is 45.1 Å². The predicted molar refractivity (Wildman–Crippen MR) is 102 cm³/mol. The molecule has 0 saturated heterocycles. The Morgan fingerprint density at radius 2 is 1.72 bits per heavy atom. The molecule has 0 unspecified atom stereocenters. The summed E-state index contributed by atoms with van der Waals surface area (Å²) in [5, 5.41) is 7.12. The quantitative estimate of drug-likeness (QED) is 0.777. The van der Waals surface area contributed by atoms with Gasteiger partial charge in [0, 0.05) is 27.8 Å². The molecule has 25 heavy (non-hydrogen) atoms. The van der Waals surface area contributed by atoms with Crippen LogP contribution in [0.1, 0.15) is 48.4 Å². The molecule has 7 heteroatoms. The van der Waals surface area contributed by atoms with E-state index in [1.54, 1.807) is 31.2 Å². The van der Waals surface area contributed by atoms with Crippen LogP contribution in [0.5, 0.6) is 0 Å². The van der Waals surface area contributed by atoms with Gasteiger partial charge in [-0.2, -0.15) is 0 Å². The molecule has 0 bridgehead atoms. The van der Waals surface area contributed by atoms with Crippen molar-refractivity contribution in [1.82, 2.24) is 9.97 Å². The molecule has 0 spiro atoms. The van der Waals surface area contributed by atoms with Crippen LogP contribution in [-0.4, -0.2) is 21.9 Å². The maximum atomic E-state index is 12.5. The summed E-state index contributed by atoms with van der Waals surface area (Å²) in [5.41, 5.74) is 0.836. The van der Waals surface area contributed by atoms with Crippen molar-refractivity contribution < 1.29 is 4.79 Å². The Hall–Kier alpha value is -1.85. The lowest BCUT2D eigenvalue weighted by Crippen LogP contribution is -2.24. The fourth-order valence-electron chi connectivity index (χ4n) is 3.04. The molecule has 1 aromatic heterocycles. The van der Waals surface area contributed by atoms with Gasteiger partial charge in [-0.3, -0.25) is 4.79 Å². The third kappa shape index (κ3) is 5.06. The summed E-state index contributed by atoms with van der Waals surface area (Å²) in [6.07, 6.45) is 6.00. The number of carbonyl (C=O) groups is 1. The minimum absolute atomic E-state index is 0.307. The van der Waals surface area contributed by atoms with Crippen LogP contribution in [0, 0.1) is 6.92 Å². The van der Waals surface area contributed by atoms with E-state index in [1.807, 2.05) is 0 Å². The van der Waals surface area contributed by atoms with Crippen LogP contribution in [0.3, 0.4) is 0 Å². The molecule has 1 aromatic carbocycles. The zero-order valence-electron chi connectivity index (χ0n) is 14.0. The maximum Gasteiger partial charge on any atom is 0.274 e. The molecule has 1 aliphatic carbocycles. The van der Waals surface area contributed by atoms with E-state index in [9.17, 15) is 4.79 Å². The van der Waals surface area contributed by atoms with Gasteiger partial charge in [0.05, 0.1) is 0 Å². The second kappa shape index (κ2) is 8.02. The topological polar surface area (TPSA) is 66.9 Å². The lowest BCUT2D eigenvalue weighted by molar-refractivity contribution is 0.102. The van der Waals surface area contributed by atoms with Gasteiger partial charge in [0.15, 0.2) is 0 Å². The first-order chi connectivity index (χ1) is 12.0. The first-order valence-corrected chi connectivity index (χ1v) is 9.15. The van der Waals surface area contributed by atoms with Gasteiger partial charge < -0.3 is 10.6 Å². The van der Waals surface area contributed by atoms with Gasteiger partial charge in [-0.1, -0.05) is 42.5 Å². The number of hydrogen-bond donors (Lipinski definition) is 2. The van der Waals surface area contributed by atoms with Gasteiger partial charge in [-0.25, -0.2) is 9.97 Å². The lowest BCUT2D eigenvalue weighted by atomic mass is 9.95. The van der Waals surface area contributed by atoms with Crippen molar-refractivity contribution in [2.24, 2.45) is 0 Å². The second-order valence-electron chi connectivity index (χ2n) is 6.28. The number of nitrogens with one attached hydrogen (secondary N) is 2. The van der Waals surface area contributed by atoms with E-state index in [-0.39, 0.29) is 5.91 Å². The van der Waals surface area contributed by atoms with Crippen molar-refractivity contribution in [2.75, 3.05) is 10.6 Å². The largest absolute Gasteiger partial charge is 0.367 e. The molecular formula is C18H20Cl2N4O. The van der Waals surface area contributed by atoms with Crippen LogP contribution < -0.4 is 10.6 Å². The number of hydrogen-bond acceptors (Lipinski definition) is 4. The summed E-state index contributed by atoms with van der Waals surface area (Å²) in [5.74, 6) is 0.916. The summed E-state index contributed by atoms with van der Waals surface area (Å²) in [4.78, 5) is 21.2. The molecule has 1 heterocycles. The van der Waals surface area contributed by atoms with Crippen molar-refractivity contribution in [1.29, 1.82) is 0 Å². The molecule has 1 aliphatic rings. The van der Waals surface area contributed by atoms with E-state index >= 15 is 0 Å². The average molecular weight is 379 g/mol. The van der Waals surface area contributed by atoms with Gasteiger partial charge in [-0.05, 0) is 38.0 Å². The summed E-state index contributed by atoms with van der Waals surface area (Å²) >= 11 is 11.9. The van der Waals surface area contributed by atoms with E-state index in [2.05, 4.69) is 20.6 Å². The normalized spacial score (nSPS) is 15.0. The third-order valence-electron chi connectivity index (χ3n) is 4.15. The molecule has 0 atom stereocenters. The molecule has 3 rings (SSSR count). The highest BCUT2D eigenvalue weighted by Crippen LogP contribution is 2.24.